The standard InChI is InChI=1S/C25H28N4O3S/c1-18(24(30)26-20-7-8-22-23(15-20)32-14-13-31-22)29-11-9-28(10-12-29)16-21-17-33-25(27-21)19-5-3-2-4-6-19/h2-8,15,17-18H,9-14,16H2,1H3,(H,26,30). The lowest BCUT2D eigenvalue weighted by molar-refractivity contribution is -0.121. The van der Waals surface area contributed by atoms with Gasteiger partial charge in [0.05, 0.1) is 11.7 Å². The number of anilines is 1. The molecule has 0 radical (unpaired) electrons. The van der Waals surface area contributed by atoms with Crippen LogP contribution in [0.3, 0.4) is 0 Å². The zero-order chi connectivity index (χ0) is 22.6. The highest BCUT2D eigenvalue weighted by molar-refractivity contribution is 7.13. The minimum absolute atomic E-state index is 0.00729. The zero-order valence-electron chi connectivity index (χ0n) is 18.7. The Labute approximate surface area is 198 Å². The lowest BCUT2D eigenvalue weighted by atomic mass is 10.2. The molecule has 1 atom stereocenters. The molecule has 1 fully saturated rings. The number of piperazine rings is 1. The number of amides is 1. The highest BCUT2D eigenvalue weighted by Gasteiger charge is 2.26. The van der Waals surface area contributed by atoms with Gasteiger partial charge in [-0.25, -0.2) is 4.98 Å². The van der Waals surface area contributed by atoms with Gasteiger partial charge in [0, 0.05) is 55.4 Å². The lowest BCUT2D eigenvalue weighted by Crippen LogP contribution is -2.52. The van der Waals surface area contributed by atoms with Gasteiger partial charge in [0.25, 0.3) is 0 Å². The van der Waals surface area contributed by atoms with E-state index >= 15 is 0 Å². The fraction of sp³-hybridized carbons (Fsp3) is 0.360. The molecular formula is C25H28N4O3S. The topological polar surface area (TPSA) is 66.9 Å². The minimum atomic E-state index is -0.204. The quantitative estimate of drug-likeness (QED) is 0.600. The van der Waals surface area contributed by atoms with E-state index < -0.39 is 0 Å². The molecule has 5 rings (SSSR count). The van der Waals surface area contributed by atoms with E-state index in [1.54, 1.807) is 11.3 Å². The van der Waals surface area contributed by atoms with E-state index in [9.17, 15) is 4.79 Å². The molecule has 0 bridgehead atoms. The number of hydrogen-bond acceptors (Lipinski definition) is 7. The maximum absolute atomic E-state index is 12.8. The van der Waals surface area contributed by atoms with Crippen LogP contribution in [-0.4, -0.2) is 66.1 Å². The first-order valence-electron chi connectivity index (χ1n) is 11.3. The first kappa shape index (κ1) is 21.9. The van der Waals surface area contributed by atoms with Crippen LogP contribution in [-0.2, 0) is 11.3 Å². The first-order valence-corrected chi connectivity index (χ1v) is 12.2. The van der Waals surface area contributed by atoms with Crippen molar-refractivity contribution in [2.45, 2.75) is 19.5 Å². The summed E-state index contributed by atoms with van der Waals surface area (Å²) in [7, 11) is 0. The van der Waals surface area contributed by atoms with Gasteiger partial charge in [-0.2, -0.15) is 0 Å². The summed E-state index contributed by atoms with van der Waals surface area (Å²) in [6.45, 7) is 7.43. The van der Waals surface area contributed by atoms with E-state index in [1.165, 1.54) is 0 Å². The van der Waals surface area contributed by atoms with E-state index in [0.717, 1.165) is 60.4 Å². The number of aromatic nitrogens is 1. The van der Waals surface area contributed by atoms with Crippen molar-refractivity contribution in [2.24, 2.45) is 0 Å². The summed E-state index contributed by atoms with van der Waals surface area (Å²) in [4.78, 5) is 22.3. The van der Waals surface area contributed by atoms with Crippen molar-refractivity contribution in [3.63, 3.8) is 0 Å². The van der Waals surface area contributed by atoms with Crippen LogP contribution in [0.4, 0.5) is 5.69 Å². The van der Waals surface area contributed by atoms with Gasteiger partial charge in [-0.05, 0) is 19.1 Å². The Morgan fingerprint density at radius 3 is 2.61 bits per heavy atom. The number of nitrogens with zero attached hydrogens (tertiary/aromatic N) is 3. The molecule has 172 valence electrons. The van der Waals surface area contributed by atoms with Crippen LogP contribution >= 0.6 is 11.3 Å². The Bertz CT molecular complexity index is 1100. The fourth-order valence-corrected chi connectivity index (χ4v) is 4.98. The van der Waals surface area contributed by atoms with Gasteiger partial charge in [-0.1, -0.05) is 30.3 Å². The maximum Gasteiger partial charge on any atom is 0.241 e. The molecule has 0 spiro atoms. The molecule has 1 aromatic heterocycles. The number of benzene rings is 2. The third-order valence-corrected chi connectivity index (χ3v) is 7.04. The number of fused-ring (bicyclic) bond motifs is 1. The number of hydrogen-bond donors (Lipinski definition) is 1. The van der Waals surface area contributed by atoms with E-state index in [1.807, 2.05) is 43.3 Å². The summed E-state index contributed by atoms with van der Waals surface area (Å²) in [6, 6.07) is 15.6. The van der Waals surface area contributed by atoms with Crippen molar-refractivity contribution in [1.82, 2.24) is 14.8 Å². The van der Waals surface area contributed by atoms with E-state index in [4.69, 9.17) is 14.5 Å². The maximum atomic E-state index is 12.8. The molecule has 1 amide bonds. The van der Waals surface area contributed by atoms with Gasteiger partial charge in [-0.15, -0.1) is 11.3 Å². The second-order valence-corrected chi connectivity index (χ2v) is 9.20. The third-order valence-electron chi connectivity index (χ3n) is 6.10. The van der Waals surface area contributed by atoms with Gasteiger partial charge < -0.3 is 14.8 Å². The van der Waals surface area contributed by atoms with E-state index in [0.29, 0.717) is 19.0 Å². The summed E-state index contributed by atoms with van der Waals surface area (Å²) in [5.41, 5.74) is 3.00. The summed E-state index contributed by atoms with van der Waals surface area (Å²) in [5.74, 6) is 1.39. The van der Waals surface area contributed by atoms with Gasteiger partial charge in [0.2, 0.25) is 5.91 Å². The third kappa shape index (κ3) is 5.19. The fourth-order valence-electron chi connectivity index (χ4n) is 4.16. The van der Waals surface area contributed by atoms with Gasteiger partial charge in [0.1, 0.15) is 18.2 Å². The van der Waals surface area contributed by atoms with Crippen molar-refractivity contribution in [2.75, 3.05) is 44.7 Å². The van der Waals surface area contributed by atoms with Gasteiger partial charge in [0.15, 0.2) is 11.5 Å². The summed E-state index contributed by atoms with van der Waals surface area (Å²) >= 11 is 1.69. The van der Waals surface area contributed by atoms with Crippen LogP contribution in [0, 0.1) is 0 Å². The minimum Gasteiger partial charge on any atom is -0.486 e. The van der Waals surface area contributed by atoms with Crippen LogP contribution in [0.2, 0.25) is 0 Å². The number of ether oxygens (including phenoxy) is 2. The zero-order valence-corrected chi connectivity index (χ0v) is 19.5. The van der Waals surface area contributed by atoms with Crippen molar-refractivity contribution in [1.29, 1.82) is 0 Å². The Morgan fingerprint density at radius 2 is 1.82 bits per heavy atom. The molecule has 2 aliphatic heterocycles. The number of thiazole rings is 1. The highest BCUT2D eigenvalue weighted by atomic mass is 32.1. The molecule has 0 aliphatic carbocycles. The molecule has 7 nitrogen and oxygen atoms in total. The second-order valence-electron chi connectivity index (χ2n) is 8.35. The Hall–Kier alpha value is -2.94. The van der Waals surface area contributed by atoms with E-state index in [-0.39, 0.29) is 11.9 Å². The molecule has 1 N–H and O–H groups in total. The van der Waals surface area contributed by atoms with Gasteiger partial charge in [-0.3, -0.25) is 14.6 Å². The molecule has 8 heteroatoms. The first-order chi connectivity index (χ1) is 16.2. The highest BCUT2D eigenvalue weighted by Crippen LogP contribution is 2.32. The average Bonchev–Trinajstić information content (AvgIpc) is 3.33. The number of rotatable bonds is 6. The van der Waals surface area contributed by atoms with Crippen LogP contribution in [0.5, 0.6) is 11.5 Å². The molecule has 3 heterocycles. The smallest absolute Gasteiger partial charge is 0.241 e. The largest absolute Gasteiger partial charge is 0.486 e. The van der Waals surface area contributed by atoms with Crippen LogP contribution in [0.25, 0.3) is 10.6 Å². The SMILES string of the molecule is CC(C(=O)Nc1ccc2c(c1)OCCO2)N1CCN(Cc2csc(-c3ccccc3)n2)CC1. The van der Waals surface area contributed by atoms with Crippen LogP contribution in [0.15, 0.2) is 53.9 Å². The van der Waals surface area contributed by atoms with Crippen LogP contribution < -0.4 is 14.8 Å². The van der Waals surface area contributed by atoms with Gasteiger partial charge >= 0.3 is 0 Å². The molecule has 3 aromatic rings. The average molecular weight is 465 g/mol. The summed E-state index contributed by atoms with van der Waals surface area (Å²) in [6.07, 6.45) is 0. The predicted molar refractivity (Wildman–Crippen MR) is 130 cm³/mol. The number of carbonyl (C=O) groups is 1. The van der Waals surface area contributed by atoms with E-state index in [2.05, 4.69) is 32.6 Å². The molecular weight excluding hydrogens is 436 g/mol. The molecule has 2 aliphatic rings. The molecule has 33 heavy (non-hydrogen) atoms. The monoisotopic (exact) mass is 464 g/mol. The van der Waals surface area contributed by atoms with Crippen LogP contribution in [0.1, 0.15) is 12.6 Å². The molecule has 1 saturated heterocycles. The van der Waals surface area contributed by atoms with Crippen molar-refractivity contribution < 1.29 is 14.3 Å². The number of carbonyl (C=O) groups excluding carboxylic acids is 1. The summed E-state index contributed by atoms with van der Waals surface area (Å²) in [5, 5.41) is 6.23. The van der Waals surface area contributed by atoms with Crippen molar-refractivity contribution in [3.05, 3.63) is 59.6 Å². The molecule has 0 saturated carbocycles. The van der Waals surface area contributed by atoms with Crippen molar-refractivity contribution >= 4 is 22.9 Å². The number of nitrogens with one attached hydrogen (secondary N) is 1. The Kier molecular flexibility index (Phi) is 6.57. The van der Waals surface area contributed by atoms with Crippen molar-refractivity contribution in [3.8, 4) is 22.1 Å². The summed E-state index contributed by atoms with van der Waals surface area (Å²) < 4.78 is 11.2. The molecule has 2 aromatic carbocycles. The molecule has 1 unspecified atom stereocenters. The lowest BCUT2D eigenvalue weighted by Gasteiger charge is -2.37. The predicted octanol–water partition coefficient (Wildman–Crippen LogP) is 3.73. The Balaban J connectivity index is 1.12. The Morgan fingerprint density at radius 1 is 1.06 bits per heavy atom. The normalized spacial score (nSPS) is 17.5. The second kappa shape index (κ2) is 9.91.